The molecule has 0 amide bonds. The third kappa shape index (κ3) is 3.82. The first kappa shape index (κ1) is 23.6. The Balaban J connectivity index is 2.08. The molecule has 1 heterocycles. The summed E-state index contributed by atoms with van der Waals surface area (Å²) in [6, 6.07) is 5.71. The van der Waals surface area contributed by atoms with Crippen LogP contribution < -0.4 is 5.43 Å². The number of rotatable bonds is 5. The number of fused-ring (bicyclic) bond motifs is 1. The van der Waals surface area contributed by atoms with Crippen molar-refractivity contribution in [1.29, 1.82) is 0 Å². The summed E-state index contributed by atoms with van der Waals surface area (Å²) in [6.07, 6.45) is -3.57. The third-order valence-corrected chi connectivity index (χ3v) is 5.47. The summed E-state index contributed by atoms with van der Waals surface area (Å²) in [4.78, 5) is 0. The zero-order valence-corrected chi connectivity index (χ0v) is 17.6. The van der Waals surface area contributed by atoms with E-state index in [1.807, 2.05) is 51.3 Å². The van der Waals surface area contributed by atoms with Gasteiger partial charge in [-0.25, -0.2) is 17.6 Å². The lowest BCUT2D eigenvalue weighted by Crippen LogP contribution is -2.16. The first-order valence-corrected chi connectivity index (χ1v) is 9.74. The molecule has 1 N–H and O–H groups in total. The monoisotopic (exact) mass is 459 g/mol. The van der Waals surface area contributed by atoms with Gasteiger partial charge in [-0.1, -0.05) is 25.1 Å². The second kappa shape index (κ2) is 8.48. The van der Waals surface area contributed by atoms with E-state index in [4.69, 9.17) is 0 Å². The fourth-order valence-corrected chi connectivity index (χ4v) is 3.73. The van der Waals surface area contributed by atoms with Crippen molar-refractivity contribution in [3.05, 3.63) is 63.9 Å². The number of aromatic nitrogens is 1. The Kier molecular flexibility index (Phi) is 6.26. The molecular weight excluding hydrogens is 439 g/mol. The molecular formula is C22H20F7N3. The van der Waals surface area contributed by atoms with Crippen LogP contribution in [0.25, 0.3) is 10.9 Å². The minimum atomic E-state index is -5.61. The van der Waals surface area contributed by atoms with E-state index in [1.165, 1.54) is 6.21 Å². The van der Waals surface area contributed by atoms with Crippen LogP contribution >= 0.6 is 0 Å². The summed E-state index contributed by atoms with van der Waals surface area (Å²) >= 11 is 0. The minimum absolute atomic E-state index is 0.127. The number of benzene rings is 2. The molecule has 0 spiro atoms. The van der Waals surface area contributed by atoms with Crippen molar-refractivity contribution in [2.24, 2.45) is 5.10 Å². The van der Waals surface area contributed by atoms with Gasteiger partial charge in [0.1, 0.15) is 11.3 Å². The number of aryl methyl sites for hydroxylation is 1. The molecule has 2 aromatic carbocycles. The van der Waals surface area contributed by atoms with Crippen molar-refractivity contribution in [3.63, 3.8) is 0 Å². The van der Waals surface area contributed by atoms with Gasteiger partial charge in [0.05, 0.1) is 11.7 Å². The van der Waals surface area contributed by atoms with E-state index >= 15 is 0 Å². The van der Waals surface area contributed by atoms with E-state index in [2.05, 4.69) is 9.67 Å². The van der Waals surface area contributed by atoms with E-state index in [1.54, 1.807) is 0 Å². The maximum atomic E-state index is 14.1. The fourth-order valence-electron chi connectivity index (χ4n) is 3.73. The minimum Gasteiger partial charge on any atom is -0.341 e. The van der Waals surface area contributed by atoms with E-state index < -0.39 is 40.7 Å². The summed E-state index contributed by atoms with van der Waals surface area (Å²) in [5.41, 5.74) is 1.03. The zero-order valence-electron chi connectivity index (χ0n) is 17.6. The van der Waals surface area contributed by atoms with Gasteiger partial charge in [-0.05, 0) is 32.8 Å². The highest BCUT2D eigenvalue weighted by atomic mass is 19.4. The summed E-state index contributed by atoms with van der Waals surface area (Å²) in [5, 5.41) is 4.45. The quantitative estimate of drug-likeness (QED) is 0.185. The number of halogens is 7. The molecule has 3 nitrogen and oxygen atoms in total. The third-order valence-electron chi connectivity index (χ3n) is 5.47. The Morgan fingerprint density at radius 1 is 1.03 bits per heavy atom. The highest BCUT2D eigenvalue weighted by Gasteiger charge is 2.42. The Morgan fingerprint density at radius 2 is 1.62 bits per heavy atom. The maximum Gasteiger partial charge on any atom is 0.422 e. The fraction of sp³-hybridized carbons (Fsp3) is 0.318. The van der Waals surface area contributed by atoms with Crippen LogP contribution in [0.2, 0.25) is 0 Å². The predicted octanol–water partition coefficient (Wildman–Crippen LogP) is 7.25. The molecule has 1 atom stereocenters. The molecule has 0 saturated carbocycles. The molecule has 32 heavy (non-hydrogen) atoms. The molecule has 0 aliphatic heterocycles. The van der Waals surface area contributed by atoms with E-state index in [-0.39, 0.29) is 6.04 Å². The van der Waals surface area contributed by atoms with Gasteiger partial charge in [0.2, 0.25) is 0 Å². The van der Waals surface area contributed by atoms with Gasteiger partial charge < -0.3 is 4.57 Å². The Labute approximate surface area is 179 Å². The van der Waals surface area contributed by atoms with Crippen LogP contribution in [0.1, 0.15) is 48.7 Å². The summed E-state index contributed by atoms with van der Waals surface area (Å²) < 4.78 is 96.0. The van der Waals surface area contributed by atoms with Crippen molar-refractivity contribution in [2.75, 3.05) is 5.43 Å². The Hall–Kier alpha value is -3.04. The van der Waals surface area contributed by atoms with Gasteiger partial charge in [-0.3, -0.25) is 5.43 Å². The second-order valence-electron chi connectivity index (χ2n) is 7.47. The van der Waals surface area contributed by atoms with Crippen molar-refractivity contribution in [3.8, 4) is 0 Å². The molecule has 0 fully saturated rings. The molecule has 10 heteroatoms. The normalized spacial score (nSPS) is 13.3. The maximum absolute atomic E-state index is 14.1. The first-order chi connectivity index (χ1) is 14.9. The number of hydrazone groups is 1. The standard InChI is InChI=1S/C22H20F7N3/c1-5-11(3)32-12(4)14(13-8-6-7-10(2)21(13)32)9-30-31-20-18(25)16(23)15(22(27,28)29)17(24)19(20)26/h6-9,11,31H,5H2,1-4H3/b30-9+/t11-/m0/s1. The Bertz CT molecular complexity index is 1180. The van der Waals surface area contributed by atoms with Gasteiger partial charge in [0, 0.05) is 22.7 Å². The lowest BCUT2D eigenvalue weighted by Gasteiger charge is -2.16. The highest BCUT2D eigenvalue weighted by molar-refractivity contribution is 6.02. The number of anilines is 1. The molecule has 0 bridgehead atoms. The molecule has 0 radical (unpaired) electrons. The first-order valence-electron chi connectivity index (χ1n) is 9.74. The average molecular weight is 459 g/mol. The number of hydrogen-bond acceptors (Lipinski definition) is 2. The SMILES string of the molecule is CC[C@H](C)n1c(C)c(/C=N/Nc2c(F)c(F)c(C(F)(F)F)c(F)c2F)c2cccc(C)c21. The van der Waals surface area contributed by atoms with Crippen molar-refractivity contribution < 1.29 is 30.7 Å². The van der Waals surface area contributed by atoms with Crippen LogP contribution in [0, 0.1) is 37.1 Å². The average Bonchev–Trinajstić information content (AvgIpc) is 3.00. The molecule has 172 valence electrons. The van der Waals surface area contributed by atoms with Crippen LogP contribution in [-0.2, 0) is 6.18 Å². The number of alkyl halides is 3. The van der Waals surface area contributed by atoms with Gasteiger partial charge in [0.25, 0.3) is 0 Å². The van der Waals surface area contributed by atoms with E-state index in [0.29, 0.717) is 5.56 Å². The van der Waals surface area contributed by atoms with Crippen LogP contribution in [0.5, 0.6) is 0 Å². The topological polar surface area (TPSA) is 29.3 Å². The molecule has 0 saturated heterocycles. The smallest absolute Gasteiger partial charge is 0.341 e. The molecule has 3 rings (SSSR count). The van der Waals surface area contributed by atoms with Gasteiger partial charge in [0.15, 0.2) is 23.3 Å². The summed E-state index contributed by atoms with van der Waals surface area (Å²) in [7, 11) is 0. The highest BCUT2D eigenvalue weighted by Crippen LogP contribution is 2.38. The van der Waals surface area contributed by atoms with Crippen LogP contribution in [0.4, 0.5) is 36.4 Å². The predicted molar refractivity (Wildman–Crippen MR) is 109 cm³/mol. The molecule has 0 unspecified atom stereocenters. The summed E-state index contributed by atoms with van der Waals surface area (Å²) in [6.45, 7) is 7.79. The Morgan fingerprint density at radius 3 is 2.16 bits per heavy atom. The van der Waals surface area contributed by atoms with Gasteiger partial charge in [-0.15, -0.1) is 0 Å². The van der Waals surface area contributed by atoms with Crippen molar-refractivity contribution in [2.45, 2.75) is 46.3 Å². The van der Waals surface area contributed by atoms with Crippen LogP contribution in [-0.4, -0.2) is 10.8 Å². The van der Waals surface area contributed by atoms with E-state index in [9.17, 15) is 30.7 Å². The van der Waals surface area contributed by atoms with Crippen molar-refractivity contribution >= 4 is 22.8 Å². The molecule has 3 aromatic rings. The van der Waals surface area contributed by atoms with Gasteiger partial charge in [-0.2, -0.15) is 18.3 Å². The number of nitrogens with one attached hydrogen (secondary N) is 1. The summed E-state index contributed by atoms with van der Waals surface area (Å²) in [5.74, 6) is -9.53. The zero-order chi connectivity index (χ0) is 24.0. The van der Waals surface area contributed by atoms with Crippen molar-refractivity contribution in [1.82, 2.24) is 4.57 Å². The number of nitrogens with zero attached hydrogens (tertiary/aromatic N) is 2. The number of para-hydroxylation sites is 1. The largest absolute Gasteiger partial charge is 0.422 e. The molecule has 0 aliphatic carbocycles. The molecule has 1 aromatic heterocycles. The second-order valence-corrected chi connectivity index (χ2v) is 7.47. The lowest BCUT2D eigenvalue weighted by molar-refractivity contribution is -0.143. The number of hydrogen-bond donors (Lipinski definition) is 1. The van der Waals surface area contributed by atoms with E-state index in [0.717, 1.165) is 28.6 Å². The molecule has 0 aliphatic rings. The lowest BCUT2D eigenvalue weighted by atomic mass is 10.1. The van der Waals surface area contributed by atoms with Gasteiger partial charge >= 0.3 is 6.18 Å². The van der Waals surface area contributed by atoms with Crippen LogP contribution in [0.15, 0.2) is 23.3 Å². The van der Waals surface area contributed by atoms with Crippen LogP contribution in [0.3, 0.4) is 0 Å².